The van der Waals surface area contributed by atoms with Gasteiger partial charge < -0.3 is 9.84 Å². The molecule has 11 heavy (non-hydrogen) atoms. The molecule has 1 aliphatic rings. The Labute approximate surface area is 67.9 Å². The quantitative estimate of drug-likeness (QED) is 0.581. The molecule has 0 saturated carbocycles. The molecule has 1 rings (SSSR count). The molecule has 0 aromatic carbocycles. The summed E-state index contributed by atoms with van der Waals surface area (Å²) in [6.07, 6.45) is 0.675. The molecular weight excluding hydrogens is 140 g/mol. The van der Waals surface area contributed by atoms with E-state index >= 15 is 0 Å². The number of aliphatic hydroxyl groups is 1. The molecule has 0 radical (unpaired) electrons. The van der Waals surface area contributed by atoms with Crippen molar-refractivity contribution in [1.29, 1.82) is 0 Å². The van der Waals surface area contributed by atoms with Gasteiger partial charge in [-0.1, -0.05) is 12.2 Å². The first kappa shape index (κ1) is 8.75. The lowest BCUT2D eigenvalue weighted by atomic mass is 9.90. The van der Waals surface area contributed by atoms with Gasteiger partial charge in [0, 0.05) is 5.92 Å². The molecule has 1 saturated heterocycles. The molecule has 3 atom stereocenters. The van der Waals surface area contributed by atoms with Gasteiger partial charge in [-0.05, 0) is 20.3 Å². The van der Waals surface area contributed by atoms with Gasteiger partial charge >= 0.3 is 0 Å². The molecule has 0 aromatic rings. The van der Waals surface area contributed by atoms with Crippen molar-refractivity contribution in [2.45, 2.75) is 32.5 Å². The fraction of sp³-hybridized carbons (Fsp3) is 0.778. The highest BCUT2D eigenvalue weighted by atomic mass is 16.5. The number of hydrogen-bond donors (Lipinski definition) is 1. The lowest BCUT2D eigenvalue weighted by Gasteiger charge is -2.31. The fourth-order valence-electron chi connectivity index (χ4n) is 1.42. The van der Waals surface area contributed by atoms with Crippen LogP contribution in [-0.4, -0.2) is 23.9 Å². The maximum atomic E-state index is 9.57. The van der Waals surface area contributed by atoms with E-state index in [-0.39, 0.29) is 18.1 Å². The summed E-state index contributed by atoms with van der Waals surface area (Å²) >= 11 is 0. The van der Waals surface area contributed by atoms with Crippen LogP contribution in [0.5, 0.6) is 0 Å². The number of aliphatic hydroxyl groups excluding tert-OH is 1. The van der Waals surface area contributed by atoms with E-state index in [4.69, 9.17) is 4.74 Å². The van der Waals surface area contributed by atoms with Crippen molar-refractivity contribution in [3.05, 3.63) is 12.2 Å². The predicted molar refractivity (Wildman–Crippen MR) is 44.3 cm³/mol. The molecule has 0 aliphatic carbocycles. The average molecular weight is 156 g/mol. The lowest BCUT2D eigenvalue weighted by molar-refractivity contribution is -0.0638. The molecule has 1 unspecified atom stereocenters. The van der Waals surface area contributed by atoms with Gasteiger partial charge in [-0.15, -0.1) is 0 Å². The Hall–Kier alpha value is -0.340. The van der Waals surface area contributed by atoms with Crippen LogP contribution in [0.2, 0.25) is 0 Å². The summed E-state index contributed by atoms with van der Waals surface area (Å²) in [6, 6.07) is 0. The third-order valence-electron chi connectivity index (χ3n) is 2.23. The van der Waals surface area contributed by atoms with Crippen LogP contribution in [0.3, 0.4) is 0 Å². The predicted octanol–water partition coefficient (Wildman–Crippen LogP) is 1.35. The smallest absolute Gasteiger partial charge is 0.0652 e. The highest BCUT2D eigenvalue weighted by Crippen LogP contribution is 2.24. The van der Waals surface area contributed by atoms with E-state index in [0.717, 1.165) is 12.0 Å². The molecular formula is C9H16O2. The molecule has 0 spiro atoms. The Morgan fingerprint density at radius 1 is 1.64 bits per heavy atom. The third-order valence-corrected chi connectivity index (χ3v) is 2.23. The number of hydrogen-bond acceptors (Lipinski definition) is 2. The van der Waals surface area contributed by atoms with Gasteiger partial charge in [-0.25, -0.2) is 0 Å². The minimum Gasteiger partial charge on any atom is -0.392 e. The molecule has 1 heterocycles. The van der Waals surface area contributed by atoms with Gasteiger partial charge in [0.2, 0.25) is 0 Å². The summed E-state index contributed by atoms with van der Waals surface area (Å²) in [5.41, 5.74) is 1.02. The molecule has 1 N–H and O–H groups in total. The Kier molecular flexibility index (Phi) is 2.68. The van der Waals surface area contributed by atoms with Gasteiger partial charge in [0.05, 0.1) is 18.8 Å². The molecule has 2 nitrogen and oxygen atoms in total. The van der Waals surface area contributed by atoms with Gasteiger partial charge in [0.25, 0.3) is 0 Å². The normalized spacial score (nSPS) is 38.6. The highest BCUT2D eigenvalue weighted by Gasteiger charge is 2.27. The van der Waals surface area contributed by atoms with Gasteiger partial charge in [-0.3, -0.25) is 0 Å². The second-order valence-corrected chi connectivity index (χ2v) is 3.40. The van der Waals surface area contributed by atoms with E-state index in [0.29, 0.717) is 6.61 Å². The molecule has 0 aromatic heterocycles. The van der Waals surface area contributed by atoms with Crippen LogP contribution >= 0.6 is 0 Å². The van der Waals surface area contributed by atoms with Gasteiger partial charge in [0.1, 0.15) is 0 Å². The molecule has 1 fully saturated rings. The van der Waals surface area contributed by atoms with E-state index in [1.807, 2.05) is 13.8 Å². The third kappa shape index (κ3) is 2.04. The summed E-state index contributed by atoms with van der Waals surface area (Å²) in [7, 11) is 0. The first-order chi connectivity index (χ1) is 5.11. The Morgan fingerprint density at radius 3 is 2.73 bits per heavy atom. The van der Waals surface area contributed by atoms with Crippen LogP contribution in [0.15, 0.2) is 12.2 Å². The second-order valence-electron chi connectivity index (χ2n) is 3.40. The van der Waals surface area contributed by atoms with E-state index in [1.165, 1.54) is 0 Å². The van der Waals surface area contributed by atoms with Crippen LogP contribution in [0.25, 0.3) is 0 Å². The van der Waals surface area contributed by atoms with E-state index in [9.17, 15) is 5.11 Å². The SMILES string of the molecule is C=C(C)[C@@H]1COC(C)C[C@H]1O. The van der Waals surface area contributed by atoms with Crippen LogP contribution in [0.4, 0.5) is 0 Å². The fourth-order valence-corrected chi connectivity index (χ4v) is 1.42. The van der Waals surface area contributed by atoms with Gasteiger partial charge in [-0.2, -0.15) is 0 Å². The first-order valence-corrected chi connectivity index (χ1v) is 4.06. The first-order valence-electron chi connectivity index (χ1n) is 4.06. The summed E-state index contributed by atoms with van der Waals surface area (Å²) in [4.78, 5) is 0. The highest BCUT2D eigenvalue weighted by molar-refractivity contribution is 5.01. The van der Waals surface area contributed by atoms with Crippen molar-refractivity contribution >= 4 is 0 Å². The van der Waals surface area contributed by atoms with Gasteiger partial charge in [0.15, 0.2) is 0 Å². The van der Waals surface area contributed by atoms with E-state index in [2.05, 4.69) is 6.58 Å². The summed E-state index contributed by atoms with van der Waals surface area (Å²) in [5, 5.41) is 9.57. The molecule has 1 aliphatic heterocycles. The van der Waals surface area contributed by atoms with Crippen LogP contribution in [0.1, 0.15) is 20.3 Å². The van der Waals surface area contributed by atoms with Crippen molar-refractivity contribution < 1.29 is 9.84 Å². The standard InChI is InChI=1S/C9H16O2/c1-6(2)8-5-11-7(3)4-9(8)10/h7-10H,1,4-5H2,2-3H3/t7?,8-,9+/m0/s1. The topological polar surface area (TPSA) is 29.5 Å². The molecule has 64 valence electrons. The molecule has 0 bridgehead atoms. The molecule has 0 amide bonds. The zero-order chi connectivity index (χ0) is 8.43. The van der Waals surface area contributed by atoms with Crippen LogP contribution in [-0.2, 0) is 4.74 Å². The zero-order valence-corrected chi connectivity index (χ0v) is 7.21. The monoisotopic (exact) mass is 156 g/mol. The Morgan fingerprint density at radius 2 is 2.27 bits per heavy atom. The maximum Gasteiger partial charge on any atom is 0.0652 e. The van der Waals surface area contributed by atoms with Crippen molar-refractivity contribution in [2.75, 3.05) is 6.61 Å². The Balaban J connectivity index is 2.50. The van der Waals surface area contributed by atoms with Crippen molar-refractivity contribution in [3.8, 4) is 0 Å². The van der Waals surface area contributed by atoms with Crippen molar-refractivity contribution in [1.82, 2.24) is 0 Å². The summed E-state index contributed by atoms with van der Waals surface area (Å²) in [6.45, 7) is 8.36. The largest absolute Gasteiger partial charge is 0.392 e. The van der Waals surface area contributed by atoms with Crippen molar-refractivity contribution in [3.63, 3.8) is 0 Å². The lowest BCUT2D eigenvalue weighted by Crippen LogP contribution is -2.36. The minimum absolute atomic E-state index is 0.145. The van der Waals surface area contributed by atoms with E-state index < -0.39 is 0 Å². The zero-order valence-electron chi connectivity index (χ0n) is 7.21. The molecule has 2 heteroatoms. The van der Waals surface area contributed by atoms with Crippen LogP contribution in [0, 0.1) is 5.92 Å². The minimum atomic E-state index is -0.253. The Bertz CT molecular complexity index is 154. The summed E-state index contributed by atoms with van der Waals surface area (Å²) < 4.78 is 5.40. The maximum absolute atomic E-state index is 9.57. The van der Waals surface area contributed by atoms with Crippen LogP contribution < -0.4 is 0 Å². The summed E-state index contributed by atoms with van der Waals surface area (Å²) in [5.74, 6) is 0.145. The number of ether oxygens (including phenoxy) is 1. The van der Waals surface area contributed by atoms with E-state index in [1.54, 1.807) is 0 Å². The second kappa shape index (κ2) is 3.37. The average Bonchev–Trinajstić information content (AvgIpc) is 1.85. The number of rotatable bonds is 1. The van der Waals surface area contributed by atoms with Crippen molar-refractivity contribution in [2.24, 2.45) is 5.92 Å².